The molecule has 39 heavy (non-hydrogen) atoms. The Labute approximate surface area is 242 Å². The molecule has 1 heterocycles. The summed E-state index contributed by atoms with van der Waals surface area (Å²) in [4.78, 5) is 15.3. The van der Waals surface area contributed by atoms with Crippen molar-refractivity contribution in [3.8, 4) is 11.1 Å². The van der Waals surface area contributed by atoms with Crippen LogP contribution in [0.2, 0.25) is 15.1 Å². The summed E-state index contributed by atoms with van der Waals surface area (Å²) in [5.41, 5.74) is 3.41. The number of aromatic nitrogens is 1. The van der Waals surface area contributed by atoms with Crippen LogP contribution in [-0.2, 0) is 15.8 Å². The first-order valence-electron chi connectivity index (χ1n) is 13.3. The van der Waals surface area contributed by atoms with Crippen molar-refractivity contribution >= 4 is 47.8 Å². The first-order chi connectivity index (χ1) is 18.6. The van der Waals surface area contributed by atoms with E-state index < -0.39 is 8.32 Å². The summed E-state index contributed by atoms with van der Waals surface area (Å²) in [5, 5.41) is 6.36. The highest BCUT2D eigenvalue weighted by Crippen LogP contribution is 2.41. The Hall–Kier alpha value is -2.83. The Kier molecular flexibility index (Phi) is 9.07. The molecule has 4 rings (SSSR count). The van der Waals surface area contributed by atoms with Crippen LogP contribution in [0.3, 0.4) is 0 Å². The highest BCUT2D eigenvalue weighted by Gasteiger charge is 2.50. The van der Waals surface area contributed by atoms with Crippen LogP contribution in [0.15, 0.2) is 85.1 Å². The molecule has 0 saturated carbocycles. The van der Waals surface area contributed by atoms with Gasteiger partial charge in [-0.05, 0) is 34.5 Å². The molecule has 0 bridgehead atoms. The molecule has 0 spiro atoms. The molecule has 0 aliphatic heterocycles. The first kappa shape index (κ1) is 29.2. The van der Waals surface area contributed by atoms with Crippen molar-refractivity contribution < 1.29 is 9.22 Å². The number of nitrogens with one attached hydrogen (secondary N) is 2. The number of hydrogen-bond acceptors (Lipinski definition) is 2. The molecule has 0 aliphatic rings. The highest BCUT2D eigenvalue weighted by molar-refractivity contribution is 6.99. The van der Waals surface area contributed by atoms with E-state index in [-0.39, 0.29) is 23.6 Å². The second-order valence-corrected chi connectivity index (χ2v) is 15.9. The largest absolute Gasteiger partial charge is 0.403 e. The molecule has 1 aromatic heterocycles. The molecule has 1 amide bonds. The van der Waals surface area contributed by atoms with Crippen LogP contribution in [0.5, 0.6) is 0 Å². The second kappa shape index (κ2) is 12.1. The Balaban J connectivity index is 1.78. The zero-order valence-electron chi connectivity index (χ0n) is 23.1. The fourth-order valence-electron chi connectivity index (χ4n) is 5.27. The average Bonchev–Trinajstić information content (AvgIpc) is 3.41. The fourth-order valence-corrected chi connectivity index (χ4v) is 10.4. The molecule has 1 unspecified atom stereocenters. The summed E-state index contributed by atoms with van der Waals surface area (Å²) < 4.78 is 7.14. The van der Waals surface area contributed by atoms with E-state index in [1.54, 1.807) is 0 Å². The summed E-state index contributed by atoms with van der Waals surface area (Å²) in [6.45, 7) is 10.8. The lowest BCUT2D eigenvalue weighted by Gasteiger charge is -2.43. The molecule has 0 radical (unpaired) electrons. The third-order valence-corrected chi connectivity index (χ3v) is 13.0. The minimum Gasteiger partial charge on any atom is -0.403 e. The zero-order chi connectivity index (χ0) is 28.2. The normalized spacial score (nSPS) is 12.8. The SMILES string of the molecule is CCC(=O)NC(C)c1[nH]ccc1-c1ccc(Cl)c(CO[Si](c2ccccc2)(c2ccccc2)C(C)(C)C)c1Cl. The highest BCUT2D eigenvalue weighted by atomic mass is 35.5. The van der Waals surface area contributed by atoms with Gasteiger partial charge in [0, 0.05) is 40.0 Å². The van der Waals surface area contributed by atoms with Gasteiger partial charge >= 0.3 is 0 Å². The van der Waals surface area contributed by atoms with Crippen molar-refractivity contribution in [3.63, 3.8) is 0 Å². The quantitative estimate of drug-likeness (QED) is 0.200. The van der Waals surface area contributed by atoms with Crippen molar-refractivity contribution in [1.29, 1.82) is 0 Å². The number of aromatic amines is 1. The third kappa shape index (κ3) is 5.87. The van der Waals surface area contributed by atoms with Gasteiger partial charge in [0.05, 0.1) is 17.7 Å². The molecule has 2 N–H and O–H groups in total. The van der Waals surface area contributed by atoms with Crippen molar-refractivity contribution in [1.82, 2.24) is 10.3 Å². The van der Waals surface area contributed by atoms with Gasteiger partial charge in [0.1, 0.15) is 0 Å². The van der Waals surface area contributed by atoms with Gasteiger partial charge < -0.3 is 14.7 Å². The molecular weight excluding hydrogens is 543 g/mol. The van der Waals surface area contributed by atoms with Crippen LogP contribution in [0, 0.1) is 0 Å². The molecule has 3 aromatic carbocycles. The Morgan fingerprint density at radius 1 is 0.923 bits per heavy atom. The van der Waals surface area contributed by atoms with E-state index in [1.807, 2.05) is 50.4 Å². The van der Waals surface area contributed by atoms with E-state index in [0.29, 0.717) is 16.5 Å². The predicted molar refractivity (Wildman–Crippen MR) is 166 cm³/mol. The van der Waals surface area contributed by atoms with E-state index in [9.17, 15) is 4.79 Å². The molecular formula is C32H36Cl2N2O2Si. The Bertz CT molecular complexity index is 1380. The molecule has 0 fully saturated rings. The standard InChI is InChI=1S/C32H36Cl2N2O2Si/c1-6-29(37)36-22(2)31-26(19-20-35-31)25-17-18-28(33)27(30(25)34)21-38-39(32(3,4)5,23-13-9-7-10-14-23)24-15-11-8-12-16-24/h7-20,22,35H,6,21H2,1-5H3,(H,36,37). The van der Waals surface area contributed by atoms with E-state index in [0.717, 1.165) is 22.4 Å². The lowest BCUT2D eigenvalue weighted by atomic mass is 10.0. The number of H-pyrrole nitrogens is 1. The third-order valence-electron chi connectivity index (χ3n) is 7.24. The van der Waals surface area contributed by atoms with E-state index in [1.165, 1.54) is 10.4 Å². The summed E-state index contributed by atoms with van der Waals surface area (Å²) in [7, 11) is -2.78. The van der Waals surface area contributed by atoms with E-state index in [4.69, 9.17) is 27.6 Å². The van der Waals surface area contributed by atoms with Crippen molar-refractivity contribution in [2.24, 2.45) is 0 Å². The molecule has 0 saturated heterocycles. The number of halogens is 2. The van der Waals surface area contributed by atoms with Gasteiger partial charge in [-0.15, -0.1) is 0 Å². The molecule has 4 nitrogen and oxygen atoms in total. The number of carbonyl (C=O) groups excluding carboxylic acids is 1. The monoisotopic (exact) mass is 578 g/mol. The predicted octanol–water partition coefficient (Wildman–Crippen LogP) is 7.65. The zero-order valence-corrected chi connectivity index (χ0v) is 25.7. The average molecular weight is 580 g/mol. The van der Waals surface area contributed by atoms with Gasteiger partial charge in [0.25, 0.3) is 8.32 Å². The number of rotatable bonds is 9. The van der Waals surface area contributed by atoms with E-state index in [2.05, 4.69) is 79.6 Å². The molecule has 4 aromatic rings. The van der Waals surface area contributed by atoms with Crippen LogP contribution >= 0.6 is 23.2 Å². The Morgan fingerprint density at radius 2 is 1.51 bits per heavy atom. The summed E-state index contributed by atoms with van der Waals surface area (Å²) >= 11 is 13.9. The van der Waals surface area contributed by atoms with Gasteiger partial charge in [-0.2, -0.15) is 0 Å². The number of hydrogen-bond donors (Lipinski definition) is 2. The fraction of sp³-hybridized carbons (Fsp3) is 0.281. The lowest BCUT2D eigenvalue weighted by Crippen LogP contribution is -2.66. The van der Waals surface area contributed by atoms with Crippen LogP contribution in [0.4, 0.5) is 0 Å². The number of benzene rings is 3. The summed E-state index contributed by atoms with van der Waals surface area (Å²) in [6.07, 6.45) is 2.29. The molecule has 0 aliphatic carbocycles. The van der Waals surface area contributed by atoms with Gasteiger partial charge in [0.2, 0.25) is 5.91 Å². The van der Waals surface area contributed by atoms with Gasteiger partial charge in [-0.1, -0.05) is 118 Å². The second-order valence-electron chi connectivity index (χ2n) is 10.8. The lowest BCUT2D eigenvalue weighted by molar-refractivity contribution is -0.121. The molecule has 7 heteroatoms. The molecule has 1 atom stereocenters. The summed E-state index contributed by atoms with van der Waals surface area (Å²) in [6, 6.07) is 26.6. The molecule has 204 valence electrons. The van der Waals surface area contributed by atoms with Gasteiger partial charge in [-0.25, -0.2) is 0 Å². The maximum absolute atomic E-state index is 12.0. The van der Waals surface area contributed by atoms with E-state index >= 15 is 0 Å². The first-order valence-corrected chi connectivity index (χ1v) is 16.0. The van der Waals surface area contributed by atoms with Crippen LogP contribution in [0.25, 0.3) is 11.1 Å². The summed E-state index contributed by atoms with van der Waals surface area (Å²) in [5.74, 6) is -0.00959. The van der Waals surface area contributed by atoms with Crippen LogP contribution < -0.4 is 15.7 Å². The van der Waals surface area contributed by atoms with Crippen molar-refractivity contribution in [2.45, 2.75) is 58.7 Å². The van der Waals surface area contributed by atoms with Crippen LogP contribution in [-0.4, -0.2) is 19.2 Å². The maximum atomic E-state index is 12.0. The minimum atomic E-state index is -2.78. The van der Waals surface area contributed by atoms with Crippen LogP contribution in [0.1, 0.15) is 58.3 Å². The van der Waals surface area contributed by atoms with Crippen molar-refractivity contribution in [2.75, 3.05) is 0 Å². The van der Waals surface area contributed by atoms with Crippen molar-refractivity contribution in [3.05, 3.63) is 106 Å². The minimum absolute atomic E-state index is 0.00959. The smallest absolute Gasteiger partial charge is 0.261 e. The number of amides is 1. The number of carbonyl (C=O) groups is 1. The Morgan fingerprint density at radius 3 is 2.05 bits per heavy atom. The van der Waals surface area contributed by atoms with Gasteiger partial charge in [-0.3, -0.25) is 4.79 Å². The maximum Gasteiger partial charge on any atom is 0.261 e. The topological polar surface area (TPSA) is 54.1 Å². The van der Waals surface area contributed by atoms with Gasteiger partial charge in [0.15, 0.2) is 0 Å².